The third kappa shape index (κ3) is 5.51. The Morgan fingerprint density at radius 3 is 1.63 bits per heavy atom. The Balaban J connectivity index is 1.11. The molecule has 2 heterocycles. The van der Waals surface area contributed by atoms with Gasteiger partial charge in [0.2, 0.25) is 0 Å². The molecule has 0 radical (unpaired) electrons. The van der Waals surface area contributed by atoms with Gasteiger partial charge in [-0.1, -0.05) is 164 Å². The monoisotopic (exact) mass is 750 g/mol. The van der Waals surface area contributed by atoms with E-state index in [1.165, 1.54) is 44.2 Å². The van der Waals surface area contributed by atoms with E-state index in [0.717, 1.165) is 72.3 Å². The molecule has 3 nitrogen and oxygen atoms in total. The Hall–Kier alpha value is -7.88. The van der Waals surface area contributed by atoms with Crippen molar-refractivity contribution in [2.45, 2.75) is 0 Å². The zero-order valence-corrected chi connectivity index (χ0v) is 31.9. The molecule has 11 aromatic rings. The molecule has 0 spiro atoms. The molecule has 0 bridgehead atoms. The van der Waals surface area contributed by atoms with Crippen LogP contribution in [0.25, 0.3) is 122 Å². The summed E-state index contributed by atoms with van der Waals surface area (Å²) in [4.78, 5) is 10.7. The second-order valence-electron chi connectivity index (χ2n) is 15.3. The zero-order chi connectivity index (χ0) is 38.9. The summed E-state index contributed by atoms with van der Waals surface area (Å²) >= 11 is 0. The highest BCUT2D eigenvalue weighted by Gasteiger charge is 2.23. The Morgan fingerprint density at radius 1 is 0.271 bits per heavy atom. The van der Waals surface area contributed by atoms with Gasteiger partial charge in [0.15, 0.2) is 5.82 Å². The first kappa shape index (κ1) is 33.3. The molecule has 0 unspecified atom stereocenters. The number of furan rings is 1. The number of benzene rings is 9. The lowest BCUT2D eigenvalue weighted by Crippen LogP contribution is -1.97. The van der Waals surface area contributed by atoms with Crippen molar-refractivity contribution in [3.63, 3.8) is 0 Å². The van der Waals surface area contributed by atoms with Gasteiger partial charge in [0.05, 0.1) is 11.4 Å². The molecule has 59 heavy (non-hydrogen) atoms. The van der Waals surface area contributed by atoms with Crippen LogP contribution in [-0.2, 0) is 0 Å². The minimum atomic E-state index is 0.688. The highest BCUT2D eigenvalue weighted by atomic mass is 16.3. The van der Waals surface area contributed by atoms with Crippen molar-refractivity contribution in [1.82, 2.24) is 9.97 Å². The van der Waals surface area contributed by atoms with Gasteiger partial charge in [-0.05, 0) is 109 Å². The number of hydrogen-bond acceptors (Lipinski definition) is 3. The topological polar surface area (TPSA) is 38.9 Å². The first-order valence-electron chi connectivity index (χ1n) is 20.1. The molecule has 1 aliphatic carbocycles. The van der Waals surface area contributed by atoms with E-state index in [1.807, 2.05) is 18.2 Å². The third-order valence-corrected chi connectivity index (χ3v) is 11.8. The molecule has 274 valence electrons. The molecule has 0 amide bonds. The third-order valence-electron chi connectivity index (χ3n) is 11.8. The summed E-state index contributed by atoms with van der Waals surface area (Å²) in [7, 11) is 0. The Kier molecular flexibility index (Phi) is 7.54. The molecule has 2 aromatic heterocycles. The van der Waals surface area contributed by atoms with Crippen molar-refractivity contribution in [1.29, 1.82) is 0 Å². The van der Waals surface area contributed by atoms with Crippen LogP contribution in [0.15, 0.2) is 211 Å². The van der Waals surface area contributed by atoms with Gasteiger partial charge in [-0.25, -0.2) is 9.97 Å². The first-order valence-corrected chi connectivity index (χ1v) is 20.1. The Morgan fingerprint density at radius 2 is 0.831 bits per heavy atom. The van der Waals surface area contributed by atoms with Crippen LogP contribution in [0.3, 0.4) is 0 Å². The van der Waals surface area contributed by atoms with E-state index < -0.39 is 0 Å². The predicted molar refractivity (Wildman–Crippen MR) is 244 cm³/mol. The molecule has 0 saturated carbocycles. The summed E-state index contributed by atoms with van der Waals surface area (Å²) in [5, 5.41) is 4.67. The average molecular weight is 751 g/mol. The fraction of sp³-hybridized carbons (Fsp3) is 0. The fourth-order valence-electron chi connectivity index (χ4n) is 9.09. The Labute approximate surface area is 341 Å². The molecule has 0 fully saturated rings. The number of nitrogens with zero attached hydrogens (tertiary/aromatic N) is 2. The van der Waals surface area contributed by atoms with Gasteiger partial charge >= 0.3 is 0 Å². The molecule has 0 aliphatic heterocycles. The number of aromatic nitrogens is 2. The molecule has 12 rings (SSSR count). The van der Waals surface area contributed by atoms with Crippen LogP contribution < -0.4 is 0 Å². The van der Waals surface area contributed by atoms with Gasteiger partial charge in [-0.15, -0.1) is 0 Å². The highest BCUT2D eigenvalue weighted by molar-refractivity contribution is 6.18. The summed E-state index contributed by atoms with van der Waals surface area (Å²) in [5.74, 6) is 0.688. The van der Waals surface area contributed by atoms with E-state index in [2.05, 4.69) is 188 Å². The predicted octanol–water partition coefficient (Wildman–Crippen LogP) is 15.2. The normalized spacial score (nSPS) is 11.7. The van der Waals surface area contributed by atoms with Crippen LogP contribution in [-0.4, -0.2) is 9.97 Å². The summed E-state index contributed by atoms with van der Waals surface area (Å²) < 4.78 is 6.26. The Bertz CT molecular complexity index is 3410. The van der Waals surface area contributed by atoms with Gasteiger partial charge in [0.25, 0.3) is 0 Å². The van der Waals surface area contributed by atoms with Crippen LogP contribution in [0.2, 0.25) is 0 Å². The van der Waals surface area contributed by atoms with Gasteiger partial charge in [0, 0.05) is 27.5 Å². The lowest BCUT2D eigenvalue weighted by atomic mass is 9.90. The van der Waals surface area contributed by atoms with E-state index in [1.54, 1.807) is 0 Å². The van der Waals surface area contributed by atoms with Crippen molar-refractivity contribution in [3.8, 4) is 89.5 Å². The molecule has 1 aliphatic rings. The number of hydrogen-bond donors (Lipinski definition) is 0. The lowest BCUT2D eigenvalue weighted by Gasteiger charge is -2.16. The zero-order valence-electron chi connectivity index (χ0n) is 31.9. The SMILES string of the molecule is c1ccc(-c2nc(-c3cc(-c4ccc5oc6ccccc6c5c4)cc(-c4ccccc4-c4ccccc4)c3)cc(-c3ccc4c5c(cccc35)-c3ccccc3-4)n2)cc1. The smallest absolute Gasteiger partial charge is 0.160 e. The van der Waals surface area contributed by atoms with Gasteiger partial charge in [-0.3, -0.25) is 0 Å². The van der Waals surface area contributed by atoms with E-state index in [0.29, 0.717) is 5.82 Å². The van der Waals surface area contributed by atoms with E-state index >= 15 is 0 Å². The second-order valence-corrected chi connectivity index (χ2v) is 15.3. The van der Waals surface area contributed by atoms with Crippen molar-refractivity contribution in [3.05, 3.63) is 206 Å². The maximum Gasteiger partial charge on any atom is 0.160 e. The molecule has 3 heteroatoms. The van der Waals surface area contributed by atoms with Crippen LogP contribution in [0.1, 0.15) is 0 Å². The maximum atomic E-state index is 6.26. The van der Waals surface area contributed by atoms with Crippen molar-refractivity contribution in [2.75, 3.05) is 0 Å². The molecule has 0 N–H and O–H groups in total. The van der Waals surface area contributed by atoms with Gasteiger partial charge in [-0.2, -0.15) is 0 Å². The molecular formula is C56H34N2O. The standard InChI is InChI=1S/C56H34N2O/c1-3-14-35(15-4-1)41-18-7-8-19-42(41)39-30-38(37-26-29-54-50(33-37)46-22-11-12-25-53(46)59-54)31-40(32-39)51-34-52(58-56(57-51)36-16-5-2-6-17-36)45-27-28-49-44-21-10-9-20-43(44)47-23-13-24-48(45)55(47)49/h1-34H. The van der Waals surface area contributed by atoms with Crippen LogP contribution in [0.5, 0.6) is 0 Å². The van der Waals surface area contributed by atoms with Crippen LogP contribution >= 0.6 is 0 Å². The maximum absolute atomic E-state index is 6.26. The van der Waals surface area contributed by atoms with Gasteiger partial charge < -0.3 is 4.42 Å². The number of fused-ring (bicyclic) bond motifs is 6. The molecule has 0 atom stereocenters. The summed E-state index contributed by atoms with van der Waals surface area (Å²) in [6, 6.07) is 73.4. The van der Waals surface area contributed by atoms with Crippen molar-refractivity contribution in [2.24, 2.45) is 0 Å². The van der Waals surface area contributed by atoms with Gasteiger partial charge in [0.1, 0.15) is 11.2 Å². The largest absolute Gasteiger partial charge is 0.456 e. The van der Waals surface area contributed by atoms with E-state index in [9.17, 15) is 0 Å². The van der Waals surface area contributed by atoms with Crippen molar-refractivity contribution >= 4 is 32.7 Å². The van der Waals surface area contributed by atoms with Crippen molar-refractivity contribution < 1.29 is 4.42 Å². The molecule has 0 saturated heterocycles. The average Bonchev–Trinajstić information content (AvgIpc) is 3.85. The minimum absolute atomic E-state index is 0.688. The van der Waals surface area contributed by atoms with Crippen LogP contribution in [0.4, 0.5) is 0 Å². The lowest BCUT2D eigenvalue weighted by molar-refractivity contribution is 0.669. The summed E-state index contributed by atoms with van der Waals surface area (Å²) in [6.45, 7) is 0. The first-order chi connectivity index (χ1) is 29.2. The van der Waals surface area contributed by atoms with E-state index in [-0.39, 0.29) is 0 Å². The fourth-order valence-corrected chi connectivity index (χ4v) is 9.09. The summed E-state index contributed by atoms with van der Waals surface area (Å²) in [6.07, 6.45) is 0. The second kappa shape index (κ2) is 13.4. The number of para-hydroxylation sites is 1. The summed E-state index contributed by atoms with van der Waals surface area (Å²) in [5.41, 5.74) is 18.5. The highest BCUT2D eigenvalue weighted by Crippen LogP contribution is 2.49. The minimum Gasteiger partial charge on any atom is -0.456 e. The molecule has 9 aromatic carbocycles. The quantitative estimate of drug-likeness (QED) is 0.170. The molecular weight excluding hydrogens is 717 g/mol. The van der Waals surface area contributed by atoms with Crippen LogP contribution in [0, 0.1) is 0 Å². The van der Waals surface area contributed by atoms with E-state index in [4.69, 9.17) is 14.4 Å². The number of rotatable bonds is 6.